The van der Waals surface area contributed by atoms with E-state index in [1.807, 2.05) is 12.1 Å². The van der Waals surface area contributed by atoms with Crippen molar-refractivity contribution in [2.75, 3.05) is 0 Å². The Hall–Kier alpha value is -1.51. The smallest absolute Gasteiger partial charge is 0.302 e. The van der Waals surface area contributed by atoms with Crippen molar-refractivity contribution in [3.05, 3.63) is 28.8 Å². The molecule has 0 atom stereocenters. The second-order valence-corrected chi connectivity index (χ2v) is 7.32. The monoisotopic (exact) mass is 278 g/mol. The maximum absolute atomic E-state index is 11.0. The molecular formula is C17H26O3. The van der Waals surface area contributed by atoms with E-state index < -0.39 is 0 Å². The number of phenolic OH excluding ortho intramolecular Hbond substituents is 1. The molecule has 3 nitrogen and oxygen atoms in total. The summed E-state index contributed by atoms with van der Waals surface area (Å²) < 4.78 is 5.08. The van der Waals surface area contributed by atoms with Gasteiger partial charge >= 0.3 is 5.97 Å². The molecule has 112 valence electrons. The van der Waals surface area contributed by atoms with Gasteiger partial charge < -0.3 is 9.84 Å². The number of carbonyl (C=O) groups excluding carboxylic acids is 1. The molecule has 0 amide bonds. The minimum Gasteiger partial charge on any atom is -0.507 e. The first-order valence-corrected chi connectivity index (χ1v) is 6.93. The van der Waals surface area contributed by atoms with Gasteiger partial charge in [-0.2, -0.15) is 0 Å². The van der Waals surface area contributed by atoms with Gasteiger partial charge in [-0.1, -0.05) is 41.5 Å². The third kappa shape index (κ3) is 3.99. The highest BCUT2D eigenvalue weighted by atomic mass is 16.5. The van der Waals surface area contributed by atoms with Crippen molar-refractivity contribution < 1.29 is 14.6 Å². The molecule has 0 radical (unpaired) electrons. The molecule has 0 saturated heterocycles. The van der Waals surface area contributed by atoms with Gasteiger partial charge in [-0.15, -0.1) is 0 Å². The number of phenols is 1. The van der Waals surface area contributed by atoms with Crippen LogP contribution in [0.3, 0.4) is 0 Å². The predicted octanol–water partition coefficient (Wildman–Crippen LogP) is 4.05. The Labute approximate surface area is 122 Å². The number of esters is 1. The van der Waals surface area contributed by atoms with Crippen LogP contribution in [-0.2, 0) is 27.0 Å². The number of ether oxygens (including phenoxy) is 1. The van der Waals surface area contributed by atoms with Crippen molar-refractivity contribution in [1.82, 2.24) is 0 Å². The SMILES string of the molecule is CC(=O)OCc1cc(C(C)(C)C)c(O)c(C(C)(C)C)c1. The van der Waals surface area contributed by atoms with E-state index in [1.165, 1.54) is 6.92 Å². The van der Waals surface area contributed by atoms with Crippen LogP contribution in [0.15, 0.2) is 12.1 Å². The van der Waals surface area contributed by atoms with E-state index in [1.54, 1.807) is 0 Å². The average Bonchev–Trinajstić information content (AvgIpc) is 2.24. The Kier molecular flexibility index (Phi) is 4.52. The summed E-state index contributed by atoms with van der Waals surface area (Å²) in [6, 6.07) is 3.85. The summed E-state index contributed by atoms with van der Waals surface area (Å²) in [4.78, 5) is 11.0. The number of rotatable bonds is 2. The van der Waals surface area contributed by atoms with Crippen LogP contribution in [0.1, 0.15) is 65.2 Å². The Balaban J connectivity index is 3.38. The van der Waals surface area contributed by atoms with Crippen molar-refractivity contribution in [2.45, 2.75) is 65.9 Å². The fourth-order valence-corrected chi connectivity index (χ4v) is 2.11. The van der Waals surface area contributed by atoms with Gasteiger partial charge in [-0.25, -0.2) is 0 Å². The summed E-state index contributed by atoms with van der Waals surface area (Å²) in [7, 11) is 0. The molecule has 1 aromatic carbocycles. The molecule has 1 rings (SSSR count). The first-order chi connectivity index (χ1) is 8.93. The molecule has 0 aliphatic heterocycles. The fourth-order valence-electron chi connectivity index (χ4n) is 2.11. The van der Waals surface area contributed by atoms with Crippen molar-refractivity contribution >= 4 is 5.97 Å². The zero-order chi connectivity index (χ0) is 15.7. The van der Waals surface area contributed by atoms with E-state index in [4.69, 9.17) is 4.74 Å². The molecular weight excluding hydrogens is 252 g/mol. The standard InChI is InChI=1S/C17H26O3/c1-11(18)20-10-12-8-13(16(2,3)4)15(19)14(9-12)17(5,6)7/h8-9,19H,10H2,1-7H3. The molecule has 0 bridgehead atoms. The molecule has 0 heterocycles. The minimum absolute atomic E-state index is 0.170. The third-order valence-corrected chi connectivity index (χ3v) is 3.23. The first-order valence-electron chi connectivity index (χ1n) is 6.93. The van der Waals surface area contributed by atoms with E-state index in [-0.39, 0.29) is 23.4 Å². The van der Waals surface area contributed by atoms with Gasteiger partial charge in [0.15, 0.2) is 0 Å². The Bertz CT molecular complexity index is 467. The quantitative estimate of drug-likeness (QED) is 0.830. The van der Waals surface area contributed by atoms with Gasteiger partial charge in [0, 0.05) is 6.92 Å². The number of aromatic hydroxyl groups is 1. The van der Waals surface area contributed by atoms with E-state index in [0.717, 1.165) is 16.7 Å². The lowest BCUT2D eigenvalue weighted by molar-refractivity contribution is -0.142. The Morgan fingerprint density at radius 2 is 1.45 bits per heavy atom. The molecule has 0 spiro atoms. The predicted molar refractivity (Wildman–Crippen MR) is 81.0 cm³/mol. The molecule has 0 fully saturated rings. The van der Waals surface area contributed by atoms with Gasteiger partial charge in [0.25, 0.3) is 0 Å². The van der Waals surface area contributed by atoms with Gasteiger partial charge in [-0.3, -0.25) is 4.79 Å². The second-order valence-electron chi connectivity index (χ2n) is 7.32. The van der Waals surface area contributed by atoms with Crippen molar-refractivity contribution in [2.24, 2.45) is 0 Å². The lowest BCUT2D eigenvalue weighted by Gasteiger charge is -2.28. The largest absolute Gasteiger partial charge is 0.507 e. The van der Waals surface area contributed by atoms with Gasteiger partial charge in [0.2, 0.25) is 0 Å². The third-order valence-electron chi connectivity index (χ3n) is 3.23. The van der Waals surface area contributed by atoms with Crippen LogP contribution in [0.5, 0.6) is 5.75 Å². The summed E-state index contributed by atoms with van der Waals surface area (Å²) >= 11 is 0. The van der Waals surface area contributed by atoms with Crippen molar-refractivity contribution in [3.63, 3.8) is 0 Å². The number of benzene rings is 1. The summed E-state index contributed by atoms with van der Waals surface area (Å²) in [5.41, 5.74) is 2.33. The maximum atomic E-state index is 11.0. The molecule has 0 aliphatic rings. The van der Waals surface area contributed by atoms with Crippen LogP contribution in [0.4, 0.5) is 0 Å². The molecule has 0 aromatic heterocycles. The Morgan fingerprint density at radius 3 is 1.75 bits per heavy atom. The molecule has 0 saturated carbocycles. The highest BCUT2D eigenvalue weighted by Crippen LogP contribution is 2.39. The van der Waals surface area contributed by atoms with Gasteiger partial charge in [-0.05, 0) is 39.7 Å². The summed E-state index contributed by atoms with van der Waals surface area (Å²) in [6.45, 7) is 14.0. The van der Waals surface area contributed by atoms with E-state index in [0.29, 0.717) is 5.75 Å². The van der Waals surface area contributed by atoms with Crippen LogP contribution in [0.25, 0.3) is 0 Å². The van der Waals surface area contributed by atoms with Crippen molar-refractivity contribution in [1.29, 1.82) is 0 Å². The summed E-state index contributed by atoms with van der Waals surface area (Å²) in [5.74, 6) is 0.0456. The Morgan fingerprint density at radius 1 is 1.05 bits per heavy atom. The van der Waals surface area contributed by atoms with Gasteiger partial charge in [0.1, 0.15) is 12.4 Å². The maximum Gasteiger partial charge on any atom is 0.302 e. The molecule has 1 aromatic rings. The summed E-state index contributed by atoms with van der Waals surface area (Å²) in [5, 5.41) is 10.6. The molecule has 3 heteroatoms. The first kappa shape index (κ1) is 16.5. The normalized spacial score (nSPS) is 12.3. The molecule has 1 N–H and O–H groups in total. The topological polar surface area (TPSA) is 46.5 Å². The second kappa shape index (κ2) is 5.47. The van der Waals surface area contributed by atoms with Crippen molar-refractivity contribution in [3.8, 4) is 5.75 Å². The van der Waals surface area contributed by atoms with E-state index in [2.05, 4.69) is 41.5 Å². The average molecular weight is 278 g/mol. The molecule has 0 unspecified atom stereocenters. The highest BCUT2D eigenvalue weighted by Gasteiger charge is 2.26. The van der Waals surface area contributed by atoms with Crippen LogP contribution in [0.2, 0.25) is 0 Å². The van der Waals surface area contributed by atoms with E-state index >= 15 is 0 Å². The summed E-state index contributed by atoms with van der Waals surface area (Å²) in [6.07, 6.45) is 0. The minimum atomic E-state index is -0.298. The zero-order valence-corrected chi connectivity index (χ0v) is 13.6. The fraction of sp³-hybridized carbons (Fsp3) is 0.588. The number of carbonyl (C=O) groups is 1. The zero-order valence-electron chi connectivity index (χ0n) is 13.6. The highest BCUT2D eigenvalue weighted by molar-refractivity contribution is 5.66. The number of hydrogen-bond acceptors (Lipinski definition) is 3. The number of hydrogen-bond donors (Lipinski definition) is 1. The molecule has 20 heavy (non-hydrogen) atoms. The lowest BCUT2D eigenvalue weighted by Crippen LogP contribution is -2.18. The van der Waals surface area contributed by atoms with Crippen LogP contribution < -0.4 is 0 Å². The van der Waals surface area contributed by atoms with Crippen LogP contribution >= 0.6 is 0 Å². The molecule has 0 aliphatic carbocycles. The van der Waals surface area contributed by atoms with Gasteiger partial charge in [0.05, 0.1) is 0 Å². The lowest BCUT2D eigenvalue weighted by atomic mass is 9.78. The van der Waals surface area contributed by atoms with E-state index in [9.17, 15) is 9.90 Å². The van der Waals surface area contributed by atoms with Crippen LogP contribution in [-0.4, -0.2) is 11.1 Å². The van der Waals surface area contributed by atoms with Crippen LogP contribution in [0, 0.1) is 0 Å².